The first-order valence-corrected chi connectivity index (χ1v) is 6.46. The Balaban J connectivity index is 0.000000442. The molecule has 2 rings (SSSR count). The van der Waals surface area contributed by atoms with Gasteiger partial charge in [-0.05, 0) is 36.3 Å². The van der Waals surface area contributed by atoms with E-state index in [0.29, 0.717) is 0 Å². The van der Waals surface area contributed by atoms with Gasteiger partial charge in [0.05, 0.1) is 0 Å². The largest absolute Gasteiger partial charge is 0.0683 e. The molecule has 0 heterocycles. The van der Waals surface area contributed by atoms with Crippen LogP contribution in [0.25, 0.3) is 0 Å². The van der Waals surface area contributed by atoms with Crippen molar-refractivity contribution in [3.8, 4) is 0 Å². The van der Waals surface area contributed by atoms with Gasteiger partial charge in [-0.2, -0.15) is 0 Å². The molecule has 86 valence electrons. The lowest BCUT2D eigenvalue weighted by atomic mass is 9.84. The van der Waals surface area contributed by atoms with Crippen LogP contribution >= 0.6 is 0 Å². The molecular weight excluding hydrogens is 180 g/mol. The highest BCUT2D eigenvalue weighted by Crippen LogP contribution is 2.30. The molecule has 0 heteroatoms. The molecule has 1 aliphatic rings. The highest BCUT2D eigenvalue weighted by atomic mass is 14.2. The third-order valence-corrected chi connectivity index (χ3v) is 2.67. The molecule has 0 spiro atoms. The van der Waals surface area contributed by atoms with E-state index in [-0.39, 0.29) is 0 Å². The standard InChI is InChI=1S/C11H14.2C2H6/c1-9-5-4-7-10-6-2-3-8-11(9)10;2*1-2/h2-3,6,8-9H,4-5,7H2,1H3;2*1-2H3/t9-;;/m1../s1. The van der Waals surface area contributed by atoms with Gasteiger partial charge in [-0.15, -0.1) is 0 Å². The summed E-state index contributed by atoms with van der Waals surface area (Å²) in [7, 11) is 0. The maximum atomic E-state index is 2.33. The Morgan fingerprint density at radius 1 is 1.00 bits per heavy atom. The molecule has 0 bridgehead atoms. The zero-order valence-corrected chi connectivity index (χ0v) is 11.0. The highest BCUT2D eigenvalue weighted by molar-refractivity contribution is 5.31. The average Bonchev–Trinajstić information content (AvgIpc) is 2.35. The predicted octanol–water partition coefficient (Wildman–Crippen LogP) is 5.18. The molecular formula is C15H26. The number of aryl methyl sites for hydroxylation is 1. The summed E-state index contributed by atoms with van der Waals surface area (Å²) in [6, 6.07) is 8.85. The Morgan fingerprint density at radius 2 is 1.60 bits per heavy atom. The van der Waals surface area contributed by atoms with Gasteiger partial charge < -0.3 is 0 Å². The summed E-state index contributed by atoms with van der Waals surface area (Å²) in [4.78, 5) is 0. The predicted molar refractivity (Wildman–Crippen MR) is 70.5 cm³/mol. The van der Waals surface area contributed by atoms with Gasteiger partial charge in [0.15, 0.2) is 0 Å². The molecule has 1 atom stereocenters. The first-order valence-electron chi connectivity index (χ1n) is 6.46. The molecule has 1 aromatic rings. The lowest BCUT2D eigenvalue weighted by molar-refractivity contribution is 0.590. The average molecular weight is 206 g/mol. The van der Waals surface area contributed by atoms with Crippen molar-refractivity contribution in [2.24, 2.45) is 0 Å². The Kier molecular flexibility index (Phi) is 8.08. The van der Waals surface area contributed by atoms with E-state index in [1.807, 2.05) is 27.7 Å². The number of hydrogen-bond donors (Lipinski definition) is 0. The van der Waals surface area contributed by atoms with Crippen LogP contribution in [0.1, 0.15) is 64.5 Å². The number of fused-ring (bicyclic) bond motifs is 1. The molecule has 0 aliphatic heterocycles. The molecule has 15 heavy (non-hydrogen) atoms. The van der Waals surface area contributed by atoms with Crippen LogP contribution in [0.2, 0.25) is 0 Å². The van der Waals surface area contributed by atoms with Gasteiger partial charge in [0.1, 0.15) is 0 Å². The van der Waals surface area contributed by atoms with Gasteiger partial charge >= 0.3 is 0 Å². The van der Waals surface area contributed by atoms with Crippen LogP contribution in [0.15, 0.2) is 24.3 Å². The zero-order valence-electron chi connectivity index (χ0n) is 11.0. The van der Waals surface area contributed by atoms with E-state index < -0.39 is 0 Å². The summed E-state index contributed by atoms with van der Waals surface area (Å²) >= 11 is 0. The van der Waals surface area contributed by atoms with E-state index >= 15 is 0 Å². The molecule has 0 radical (unpaired) electrons. The van der Waals surface area contributed by atoms with Crippen LogP contribution in [0.3, 0.4) is 0 Å². The van der Waals surface area contributed by atoms with Crippen LogP contribution in [-0.2, 0) is 6.42 Å². The van der Waals surface area contributed by atoms with Crippen LogP contribution in [-0.4, -0.2) is 0 Å². The SMILES string of the molecule is CC.CC.C[C@@H]1CCCc2ccccc21. The monoisotopic (exact) mass is 206 g/mol. The topological polar surface area (TPSA) is 0 Å². The maximum Gasteiger partial charge on any atom is -0.0188 e. The fourth-order valence-electron chi connectivity index (χ4n) is 2.00. The minimum Gasteiger partial charge on any atom is -0.0683 e. The highest BCUT2D eigenvalue weighted by Gasteiger charge is 2.14. The van der Waals surface area contributed by atoms with Crippen molar-refractivity contribution in [2.45, 2.75) is 59.8 Å². The lowest BCUT2D eigenvalue weighted by Crippen LogP contribution is -2.05. The van der Waals surface area contributed by atoms with Crippen molar-refractivity contribution in [2.75, 3.05) is 0 Å². The Labute approximate surface area is 95.7 Å². The van der Waals surface area contributed by atoms with Crippen LogP contribution < -0.4 is 0 Å². The van der Waals surface area contributed by atoms with Crippen molar-refractivity contribution >= 4 is 0 Å². The normalized spacial score (nSPS) is 17.5. The third kappa shape index (κ3) is 4.07. The fraction of sp³-hybridized carbons (Fsp3) is 0.600. The molecule has 0 saturated heterocycles. The van der Waals surface area contributed by atoms with Gasteiger partial charge in [-0.3, -0.25) is 0 Å². The van der Waals surface area contributed by atoms with Gasteiger partial charge in [0.25, 0.3) is 0 Å². The molecule has 0 N–H and O–H groups in total. The number of hydrogen-bond acceptors (Lipinski definition) is 0. The Morgan fingerprint density at radius 3 is 2.20 bits per heavy atom. The smallest absolute Gasteiger partial charge is 0.0188 e. The van der Waals surface area contributed by atoms with E-state index in [4.69, 9.17) is 0 Å². The quantitative estimate of drug-likeness (QED) is 0.548. The molecule has 1 aliphatic carbocycles. The maximum absolute atomic E-state index is 2.33. The van der Waals surface area contributed by atoms with E-state index in [1.165, 1.54) is 19.3 Å². The van der Waals surface area contributed by atoms with Crippen molar-refractivity contribution in [1.82, 2.24) is 0 Å². The number of rotatable bonds is 0. The summed E-state index contributed by atoms with van der Waals surface area (Å²) in [5, 5.41) is 0. The molecule has 0 aromatic heterocycles. The van der Waals surface area contributed by atoms with Crippen molar-refractivity contribution in [1.29, 1.82) is 0 Å². The third-order valence-electron chi connectivity index (χ3n) is 2.67. The summed E-state index contributed by atoms with van der Waals surface area (Å²) in [5.74, 6) is 0.792. The van der Waals surface area contributed by atoms with Crippen LogP contribution in [0, 0.1) is 0 Å². The van der Waals surface area contributed by atoms with Crippen LogP contribution in [0.4, 0.5) is 0 Å². The first-order chi connectivity index (χ1) is 7.38. The molecule has 0 nitrogen and oxygen atoms in total. The van der Waals surface area contributed by atoms with Crippen molar-refractivity contribution in [3.05, 3.63) is 35.4 Å². The molecule has 0 fully saturated rings. The summed E-state index contributed by atoms with van der Waals surface area (Å²) < 4.78 is 0. The summed E-state index contributed by atoms with van der Waals surface area (Å²) in [6.07, 6.45) is 4.04. The van der Waals surface area contributed by atoms with Gasteiger partial charge in [0.2, 0.25) is 0 Å². The van der Waals surface area contributed by atoms with Gasteiger partial charge in [0, 0.05) is 0 Å². The second-order valence-electron chi connectivity index (χ2n) is 3.49. The molecule has 0 saturated carbocycles. The Hall–Kier alpha value is -0.780. The van der Waals surface area contributed by atoms with E-state index in [9.17, 15) is 0 Å². The van der Waals surface area contributed by atoms with Gasteiger partial charge in [-0.1, -0.05) is 58.9 Å². The zero-order chi connectivity index (χ0) is 11.7. The lowest BCUT2D eigenvalue weighted by Gasteiger charge is -2.21. The summed E-state index contributed by atoms with van der Waals surface area (Å²) in [5.41, 5.74) is 3.16. The minimum absolute atomic E-state index is 0.792. The van der Waals surface area contributed by atoms with Crippen molar-refractivity contribution < 1.29 is 0 Å². The summed E-state index contributed by atoms with van der Waals surface area (Å²) in [6.45, 7) is 10.3. The van der Waals surface area contributed by atoms with E-state index in [0.717, 1.165) is 5.92 Å². The van der Waals surface area contributed by atoms with E-state index in [2.05, 4.69) is 31.2 Å². The molecule has 1 aromatic carbocycles. The van der Waals surface area contributed by atoms with Gasteiger partial charge in [-0.25, -0.2) is 0 Å². The Bertz CT molecular complexity index is 250. The molecule has 0 amide bonds. The second-order valence-corrected chi connectivity index (χ2v) is 3.49. The second kappa shape index (κ2) is 8.52. The van der Waals surface area contributed by atoms with E-state index in [1.54, 1.807) is 11.1 Å². The van der Waals surface area contributed by atoms with Crippen LogP contribution in [0.5, 0.6) is 0 Å². The fourth-order valence-corrected chi connectivity index (χ4v) is 2.00. The molecule has 0 unspecified atom stereocenters. The number of benzene rings is 1. The van der Waals surface area contributed by atoms with Crippen molar-refractivity contribution in [3.63, 3.8) is 0 Å². The first kappa shape index (κ1) is 14.2. The minimum atomic E-state index is 0.792.